The number of benzene rings is 3. The molecule has 40 heavy (non-hydrogen) atoms. The van der Waals surface area contributed by atoms with Crippen LogP contribution in [0.4, 0.5) is 0 Å². The van der Waals surface area contributed by atoms with Crippen molar-refractivity contribution in [2.45, 2.75) is 38.2 Å². The van der Waals surface area contributed by atoms with Crippen molar-refractivity contribution in [2.75, 3.05) is 21.3 Å². The Morgan fingerprint density at radius 3 is 2.38 bits per heavy atom. The predicted molar refractivity (Wildman–Crippen MR) is 152 cm³/mol. The van der Waals surface area contributed by atoms with Crippen LogP contribution in [0.1, 0.15) is 48.3 Å². The van der Waals surface area contributed by atoms with E-state index in [0.29, 0.717) is 53.7 Å². The first-order chi connectivity index (χ1) is 19.4. The molecule has 0 aromatic heterocycles. The molecule has 3 aromatic carbocycles. The number of carbonyl (C=O) groups is 2. The van der Waals surface area contributed by atoms with Crippen LogP contribution in [-0.2, 0) is 20.9 Å². The third kappa shape index (κ3) is 5.37. The largest absolute Gasteiger partial charge is 0.493 e. The molecule has 0 bridgehead atoms. The van der Waals surface area contributed by atoms with Crippen LogP contribution >= 0.6 is 0 Å². The van der Waals surface area contributed by atoms with Gasteiger partial charge < -0.3 is 18.9 Å². The molecule has 3 aromatic rings. The van der Waals surface area contributed by atoms with Crippen LogP contribution in [-0.4, -0.2) is 38.8 Å². The van der Waals surface area contributed by atoms with Crippen molar-refractivity contribution in [3.63, 3.8) is 0 Å². The molecule has 1 unspecified atom stereocenters. The molecule has 0 N–H and O–H groups in total. The molecule has 0 saturated carbocycles. The first kappa shape index (κ1) is 27.2. The molecule has 7 nitrogen and oxygen atoms in total. The van der Waals surface area contributed by atoms with E-state index in [-0.39, 0.29) is 11.7 Å². The van der Waals surface area contributed by atoms with E-state index in [1.165, 1.54) is 7.11 Å². The van der Waals surface area contributed by atoms with E-state index in [1.807, 2.05) is 79.7 Å². The Balaban J connectivity index is 1.50. The summed E-state index contributed by atoms with van der Waals surface area (Å²) < 4.78 is 22.1. The molecule has 0 spiro atoms. The molecule has 3 atom stereocenters. The minimum atomic E-state index is -0.699. The summed E-state index contributed by atoms with van der Waals surface area (Å²) in [4.78, 5) is 31.7. The van der Waals surface area contributed by atoms with Crippen LogP contribution in [0.2, 0.25) is 0 Å². The summed E-state index contributed by atoms with van der Waals surface area (Å²) >= 11 is 0. The van der Waals surface area contributed by atoms with Crippen LogP contribution in [0.5, 0.6) is 17.2 Å². The average molecular weight is 540 g/mol. The van der Waals surface area contributed by atoms with Gasteiger partial charge in [-0.1, -0.05) is 48.5 Å². The van der Waals surface area contributed by atoms with Crippen LogP contribution < -0.4 is 14.2 Å². The van der Waals surface area contributed by atoms with Gasteiger partial charge >= 0.3 is 5.97 Å². The number of nitrogens with zero attached hydrogens (tertiary/aromatic N) is 1. The molecule has 1 heterocycles. The summed E-state index contributed by atoms with van der Waals surface area (Å²) in [7, 11) is 4.56. The molecule has 1 aliphatic carbocycles. The van der Waals surface area contributed by atoms with Crippen molar-refractivity contribution in [1.29, 1.82) is 0 Å². The number of esters is 1. The van der Waals surface area contributed by atoms with E-state index in [9.17, 15) is 9.59 Å². The van der Waals surface area contributed by atoms with Crippen LogP contribution in [0, 0.1) is 5.92 Å². The number of methoxy groups -OCH3 is 3. The Hall–Kier alpha value is -4.39. The van der Waals surface area contributed by atoms with Gasteiger partial charge in [0.1, 0.15) is 18.3 Å². The second kappa shape index (κ2) is 11.8. The highest BCUT2D eigenvalue weighted by Gasteiger charge is 2.44. The Bertz CT molecular complexity index is 1480. The molecule has 5 rings (SSSR count). The second-order valence-electron chi connectivity index (χ2n) is 10.1. The summed E-state index contributed by atoms with van der Waals surface area (Å²) in [6.45, 7) is 2.24. The van der Waals surface area contributed by atoms with Gasteiger partial charge in [-0.15, -0.1) is 0 Å². The predicted octanol–water partition coefficient (Wildman–Crippen LogP) is 6.03. The number of ether oxygens (including phenoxy) is 4. The number of hydrogen-bond acceptors (Lipinski definition) is 7. The molecule has 0 fully saturated rings. The van der Waals surface area contributed by atoms with Crippen molar-refractivity contribution in [3.05, 3.63) is 101 Å². The monoisotopic (exact) mass is 539 g/mol. The van der Waals surface area contributed by atoms with Gasteiger partial charge in [0.15, 0.2) is 17.3 Å². The van der Waals surface area contributed by atoms with Gasteiger partial charge in [-0.05, 0) is 60.2 Å². The SMILES string of the molecule is COC(=O)C1C(C)=NC2=C(C(=O)C[C@H](c3ccc(OC)c(OC)c3)C2)[C@H]1c1cccc(OCc2ccccc2)c1. The first-order valence-corrected chi connectivity index (χ1v) is 13.3. The molecule has 0 amide bonds. The van der Waals surface area contributed by atoms with Crippen molar-refractivity contribution in [2.24, 2.45) is 10.9 Å². The third-order valence-electron chi connectivity index (χ3n) is 7.69. The Morgan fingerprint density at radius 1 is 0.875 bits per heavy atom. The zero-order valence-corrected chi connectivity index (χ0v) is 23.2. The number of carbonyl (C=O) groups excluding carboxylic acids is 2. The second-order valence-corrected chi connectivity index (χ2v) is 10.1. The first-order valence-electron chi connectivity index (χ1n) is 13.3. The Morgan fingerprint density at radius 2 is 1.65 bits per heavy atom. The van der Waals surface area contributed by atoms with Crippen LogP contribution in [0.3, 0.4) is 0 Å². The Labute approximate surface area is 234 Å². The van der Waals surface area contributed by atoms with E-state index in [2.05, 4.69) is 0 Å². The van der Waals surface area contributed by atoms with Crippen LogP contribution in [0.15, 0.2) is 89.1 Å². The Kier molecular flexibility index (Phi) is 8.01. The highest BCUT2D eigenvalue weighted by molar-refractivity contribution is 6.09. The number of aliphatic imine (C=N–C) groups is 1. The average Bonchev–Trinajstić information content (AvgIpc) is 2.99. The van der Waals surface area contributed by atoms with Gasteiger partial charge in [0.2, 0.25) is 0 Å². The fourth-order valence-corrected chi connectivity index (χ4v) is 5.73. The maximum Gasteiger partial charge on any atom is 0.315 e. The molecular formula is C33H33NO6. The molecule has 2 aliphatic rings. The summed E-state index contributed by atoms with van der Waals surface area (Å²) in [6.07, 6.45) is 0.875. The van der Waals surface area contributed by atoms with Gasteiger partial charge in [0.05, 0.1) is 21.3 Å². The zero-order chi connectivity index (χ0) is 28.2. The normalized spacial score (nSPS) is 20.4. The van der Waals surface area contributed by atoms with E-state index in [4.69, 9.17) is 23.9 Å². The third-order valence-corrected chi connectivity index (χ3v) is 7.69. The lowest BCUT2D eigenvalue weighted by molar-refractivity contribution is -0.143. The minimum Gasteiger partial charge on any atom is -0.493 e. The number of rotatable bonds is 8. The van der Waals surface area contributed by atoms with E-state index in [1.54, 1.807) is 14.2 Å². The maximum absolute atomic E-state index is 13.9. The smallest absolute Gasteiger partial charge is 0.315 e. The fraction of sp³-hybridized carbons (Fsp3) is 0.303. The fourth-order valence-electron chi connectivity index (χ4n) is 5.73. The van der Waals surface area contributed by atoms with Gasteiger partial charge in [0.25, 0.3) is 0 Å². The van der Waals surface area contributed by atoms with Crippen molar-refractivity contribution in [1.82, 2.24) is 0 Å². The van der Waals surface area contributed by atoms with Crippen molar-refractivity contribution < 1.29 is 28.5 Å². The summed E-state index contributed by atoms with van der Waals surface area (Å²) in [5.74, 6) is 0.197. The summed E-state index contributed by atoms with van der Waals surface area (Å²) in [6, 6.07) is 23.3. The molecular weight excluding hydrogens is 506 g/mol. The minimum absolute atomic E-state index is 0.0215. The highest BCUT2D eigenvalue weighted by atomic mass is 16.5. The number of hydrogen-bond donors (Lipinski definition) is 0. The summed E-state index contributed by atoms with van der Waals surface area (Å²) in [5, 5.41) is 0. The molecule has 0 saturated heterocycles. The van der Waals surface area contributed by atoms with E-state index >= 15 is 0 Å². The molecule has 7 heteroatoms. The highest BCUT2D eigenvalue weighted by Crippen LogP contribution is 2.48. The lowest BCUT2D eigenvalue weighted by Gasteiger charge is -2.36. The van der Waals surface area contributed by atoms with E-state index in [0.717, 1.165) is 16.7 Å². The van der Waals surface area contributed by atoms with Gasteiger partial charge in [0, 0.05) is 29.3 Å². The lowest BCUT2D eigenvalue weighted by atomic mass is 9.69. The van der Waals surface area contributed by atoms with Crippen LogP contribution in [0.25, 0.3) is 0 Å². The van der Waals surface area contributed by atoms with Crippen molar-refractivity contribution in [3.8, 4) is 17.2 Å². The molecule has 206 valence electrons. The van der Waals surface area contributed by atoms with Gasteiger partial charge in [-0.3, -0.25) is 14.6 Å². The van der Waals surface area contributed by atoms with Gasteiger partial charge in [-0.2, -0.15) is 0 Å². The zero-order valence-electron chi connectivity index (χ0n) is 23.2. The molecule has 1 aliphatic heterocycles. The molecule has 0 radical (unpaired) electrons. The standard InChI is InChI=1S/C33H33NO6/c1-20-30(33(36)39-4)31(23-11-8-12-25(15-23)40-19-21-9-6-5-7-10-21)32-26(34-20)16-24(17-27(32)35)22-13-14-28(37-2)29(18-22)38-3/h5-15,18,24,30-31H,16-17,19H2,1-4H3/t24-,30?,31+/m1/s1. The van der Waals surface area contributed by atoms with E-state index < -0.39 is 17.8 Å². The maximum atomic E-state index is 13.9. The number of allylic oxidation sites excluding steroid dienone is 2. The number of ketones is 1. The lowest BCUT2D eigenvalue weighted by Crippen LogP contribution is -2.37. The number of Topliss-reactive ketones (excluding diaryl/α,β-unsaturated/α-hetero) is 1. The summed E-state index contributed by atoms with van der Waals surface area (Å²) in [5.41, 5.74) is 4.78. The van der Waals surface area contributed by atoms with Crippen molar-refractivity contribution >= 4 is 17.5 Å². The van der Waals surface area contributed by atoms with Gasteiger partial charge in [-0.25, -0.2) is 0 Å². The quantitative estimate of drug-likeness (QED) is 0.325. The topological polar surface area (TPSA) is 83.4 Å².